The SMILES string of the molecule is COc1cc(NC(=O)COc2ccc(C3CCCCC3)cc2)c(OC)cc1Cl. The van der Waals surface area contributed by atoms with Crippen LogP contribution in [0.2, 0.25) is 5.02 Å². The summed E-state index contributed by atoms with van der Waals surface area (Å²) in [5.41, 5.74) is 1.83. The van der Waals surface area contributed by atoms with Gasteiger partial charge in [0.05, 0.1) is 24.9 Å². The van der Waals surface area contributed by atoms with Crippen molar-refractivity contribution >= 4 is 23.2 Å². The van der Waals surface area contributed by atoms with Crippen molar-refractivity contribution in [2.24, 2.45) is 0 Å². The lowest BCUT2D eigenvalue weighted by molar-refractivity contribution is -0.118. The summed E-state index contributed by atoms with van der Waals surface area (Å²) in [4.78, 5) is 12.3. The molecule has 1 fully saturated rings. The summed E-state index contributed by atoms with van der Waals surface area (Å²) in [5, 5.41) is 3.18. The van der Waals surface area contributed by atoms with Crippen LogP contribution in [0, 0.1) is 0 Å². The van der Waals surface area contributed by atoms with Crippen LogP contribution in [0.1, 0.15) is 43.6 Å². The van der Waals surface area contributed by atoms with Crippen LogP contribution in [0.4, 0.5) is 5.69 Å². The molecule has 3 rings (SSSR count). The van der Waals surface area contributed by atoms with Crippen molar-refractivity contribution in [3.63, 3.8) is 0 Å². The first kappa shape index (κ1) is 20.3. The van der Waals surface area contributed by atoms with Crippen LogP contribution in [0.25, 0.3) is 0 Å². The maximum Gasteiger partial charge on any atom is 0.262 e. The van der Waals surface area contributed by atoms with Gasteiger partial charge in [-0.2, -0.15) is 0 Å². The zero-order chi connectivity index (χ0) is 19.9. The number of nitrogens with one attached hydrogen (secondary N) is 1. The summed E-state index contributed by atoms with van der Waals surface area (Å²) >= 11 is 6.08. The molecule has 150 valence electrons. The van der Waals surface area contributed by atoms with Crippen molar-refractivity contribution in [2.45, 2.75) is 38.0 Å². The number of rotatable bonds is 7. The molecule has 28 heavy (non-hydrogen) atoms. The van der Waals surface area contributed by atoms with E-state index in [1.807, 2.05) is 12.1 Å². The molecule has 1 amide bonds. The van der Waals surface area contributed by atoms with Gasteiger partial charge in [0.1, 0.15) is 17.2 Å². The Morgan fingerprint density at radius 1 is 1.04 bits per heavy atom. The molecule has 1 N–H and O–H groups in total. The molecule has 0 unspecified atom stereocenters. The standard InChI is InChI=1S/C22H26ClNO4/c1-26-20-13-19(21(27-2)12-18(20)23)24-22(25)14-28-17-10-8-16(9-11-17)15-6-4-3-5-7-15/h8-13,15H,3-7,14H2,1-2H3,(H,24,25). The lowest BCUT2D eigenvalue weighted by Crippen LogP contribution is -2.20. The molecule has 0 spiro atoms. The van der Waals surface area contributed by atoms with Crippen molar-refractivity contribution in [1.82, 2.24) is 0 Å². The van der Waals surface area contributed by atoms with Gasteiger partial charge in [-0.25, -0.2) is 0 Å². The highest BCUT2D eigenvalue weighted by molar-refractivity contribution is 6.32. The second-order valence-electron chi connectivity index (χ2n) is 6.93. The van der Waals surface area contributed by atoms with E-state index in [2.05, 4.69) is 17.4 Å². The van der Waals surface area contributed by atoms with Gasteiger partial charge in [0.2, 0.25) is 0 Å². The van der Waals surface area contributed by atoms with Gasteiger partial charge in [-0.3, -0.25) is 4.79 Å². The maximum atomic E-state index is 12.3. The number of carbonyl (C=O) groups excluding carboxylic acids is 1. The maximum absolute atomic E-state index is 12.3. The number of ether oxygens (including phenoxy) is 3. The second-order valence-corrected chi connectivity index (χ2v) is 7.34. The Hall–Kier alpha value is -2.40. The molecule has 0 bridgehead atoms. The first-order valence-corrected chi connectivity index (χ1v) is 9.92. The first-order chi connectivity index (χ1) is 13.6. The predicted molar refractivity (Wildman–Crippen MR) is 111 cm³/mol. The molecule has 1 aliphatic carbocycles. The van der Waals surface area contributed by atoms with Gasteiger partial charge in [0.15, 0.2) is 6.61 Å². The molecule has 5 nitrogen and oxygen atoms in total. The van der Waals surface area contributed by atoms with Crippen molar-refractivity contribution < 1.29 is 19.0 Å². The predicted octanol–water partition coefficient (Wildman–Crippen LogP) is 5.42. The van der Waals surface area contributed by atoms with Gasteiger partial charge in [0.25, 0.3) is 5.91 Å². The number of benzene rings is 2. The minimum Gasteiger partial charge on any atom is -0.495 e. The number of halogens is 1. The molecule has 0 aromatic heterocycles. The van der Waals surface area contributed by atoms with E-state index in [1.165, 1.54) is 51.9 Å². The molecule has 2 aromatic rings. The number of hydrogen-bond donors (Lipinski definition) is 1. The third kappa shape index (κ3) is 5.10. The average molecular weight is 404 g/mol. The molecule has 0 saturated heterocycles. The van der Waals surface area contributed by atoms with E-state index >= 15 is 0 Å². The molecule has 1 aliphatic rings. The topological polar surface area (TPSA) is 56.8 Å². The van der Waals surface area contributed by atoms with E-state index in [-0.39, 0.29) is 12.5 Å². The zero-order valence-corrected chi connectivity index (χ0v) is 17.1. The average Bonchev–Trinajstić information content (AvgIpc) is 2.74. The van der Waals surface area contributed by atoms with Gasteiger partial charge in [-0.15, -0.1) is 0 Å². The Bertz CT molecular complexity index is 801. The van der Waals surface area contributed by atoms with Crippen LogP contribution >= 0.6 is 11.6 Å². The largest absolute Gasteiger partial charge is 0.495 e. The van der Waals surface area contributed by atoms with Gasteiger partial charge in [-0.05, 0) is 36.5 Å². The fourth-order valence-electron chi connectivity index (χ4n) is 3.57. The Kier molecular flexibility index (Phi) is 7.04. The normalized spacial score (nSPS) is 14.4. The molecule has 6 heteroatoms. The van der Waals surface area contributed by atoms with Crippen LogP contribution in [0.15, 0.2) is 36.4 Å². The fourth-order valence-corrected chi connectivity index (χ4v) is 3.80. The van der Waals surface area contributed by atoms with Crippen molar-refractivity contribution in [1.29, 1.82) is 0 Å². The number of methoxy groups -OCH3 is 2. The van der Waals surface area contributed by atoms with Gasteiger partial charge < -0.3 is 19.5 Å². The first-order valence-electron chi connectivity index (χ1n) is 9.55. The summed E-state index contributed by atoms with van der Waals surface area (Å²) in [5.74, 6) is 1.95. The Labute approximate surface area is 170 Å². The number of carbonyl (C=O) groups is 1. The minimum atomic E-state index is -0.293. The molecule has 2 aromatic carbocycles. The van der Waals surface area contributed by atoms with Gasteiger partial charge in [0, 0.05) is 12.1 Å². The summed E-state index contributed by atoms with van der Waals surface area (Å²) in [6.07, 6.45) is 6.48. The van der Waals surface area contributed by atoms with E-state index in [0.29, 0.717) is 33.9 Å². The number of anilines is 1. The highest BCUT2D eigenvalue weighted by Crippen LogP contribution is 2.36. The van der Waals surface area contributed by atoms with E-state index < -0.39 is 0 Å². The third-order valence-corrected chi connectivity index (χ3v) is 5.37. The Morgan fingerprint density at radius 2 is 1.71 bits per heavy atom. The van der Waals surface area contributed by atoms with Gasteiger partial charge >= 0.3 is 0 Å². The third-order valence-electron chi connectivity index (χ3n) is 5.07. The summed E-state index contributed by atoms with van der Waals surface area (Å²) < 4.78 is 16.1. The summed E-state index contributed by atoms with van der Waals surface area (Å²) in [6.45, 7) is -0.100. The molecular formula is C22H26ClNO4. The summed E-state index contributed by atoms with van der Waals surface area (Å²) in [6, 6.07) is 11.3. The fraction of sp³-hybridized carbons (Fsp3) is 0.409. The molecule has 1 saturated carbocycles. The quantitative estimate of drug-likeness (QED) is 0.670. The Balaban J connectivity index is 1.57. The molecule has 0 heterocycles. The van der Waals surface area contributed by atoms with Crippen LogP contribution in [-0.4, -0.2) is 26.7 Å². The highest BCUT2D eigenvalue weighted by Gasteiger charge is 2.16. The monoisotopic (exact) mass is 403 g/mol. The molecule has 0 radical (unpaired) electrons. The number of amides is 1. The summed E-state index contributed by atoms with van der Waals surface area (Å²) in [7, 11) is 3.03. The molecule has 0 atom stereocenters. The molecular weight excluding hydrogens is 378 g/mol. The van der Waals surface area contributed by atoms with Crippen LogP contribution in [-0.2, 0) is 4.79 Å². The lowest BCUT2D eigenvalue weighted by atomic mass is 9.84. The second kappa shape index (κ2) is 9.69. The van der Waals surface area contributed by atoms with Crippen molar-refractivity contribution in [2.75, 3.05) is 26.1 Å². The van der Waals surface area contributed by atoms with Crippen LogP contribution in [0.3, 0.4) is 0 Å². The van der Waals surface area contributed by atoms with Crippen LogP contribution in [0.5, 0.6) is 17.2 Å². The van der Waals surface area contributed by atoms with E-state index in [4.69, 9.17) is 25.8 Å². The van der Waals surface area contributed by atoms with Crippen molar-refractivity contribution in [3.05, 3.63) is 47.0 Å². The number of hydrogen-bond acceptors (Lipinski definition) is 4. The van der Waals surface area contributed by atoms with E-state index in [0.717, 1.165) is 0 Å². The Morgan fingerprint density at radius 3 is 2.36 bits per heavy atom. The zero-order valence-electron chi connectivity index (χ0n) is 16.3. The highest BCUT2D eigenvalue weighted by atomic mass is 35.5. The van der Waals surface area contributed by atoms with Crippen molar-refractivity contribution in [3.8, 4) is 17.2 Å². The van der Waals surface area contributed by atoms with E-state index in [1.54, 1.807) is 12.1 Å². The smallest absolute Gasteiger partial charge is 0.262 e. The van der Waals surface area contributed by atoms with E-state index in [9.17, 15) is 4.79 Å². The lowest BCUT2D eigenvalue weighted by Gasteiger charge is -2.22. The van der Waals surface area contributed by atoms with Crippen LogP contribution < -0.4 is 19.5 Å². The van der Waals surface area contributed by atoms with Gasteiger partial charge in [-0.1, -0.05) is 43.0 Å². The minimum absolute atomic E-state index is 0.100. The molecule has 0 aliphatic heterocycles.